The summed E-state index contributed by atoms with van der Waals surface area (Å²) in [4.78, 5) is 36.8. The highest BCUT2D eigenvalue weighted by molar-refractivity contribution is 5.94. The largest absolute Gasteiger partial charge is 0.443 e. The van der Waals surface area contributed by atoms with Crippen molar-refractivity contribution in [3.8, 4) is 5.75 Å². The average molecular weight is 365 g/mol. The number of nitrogens with zero attached hydrogens (tertiary/aromatic N) is 1. The summed E-state index contributed by atoms with van der Waals surface area (Å²) in [5.74, 6) is -0.568. The van der Waals surface area contributed by atoms with E-state index in [2.05, 4.69) is 10.6 Å². The third-order valence-electron chi connectivity index (χ3n) is 3.13. The van der Waals surface area contributed by atoms with Gasteiger partial charge in [0.1, 0.15) is 5.60 Å². The van der Waals surface area contributed by atoms with Crippen LogP contribution >= 0.6 is 0 Å². The fraction of sp³-hybridized carbons (Fsp3) is 0.500. The van der Waals surface area contributed by atoms with Gasteiger partial charge < -0.3 is 20.1 Å². The Kier molecular flexibility index (Phi) is 7.57. The molecular weight excluding hydrogens is 338 g/mol. The maximum absolute atomic E-state index is 12.3. The zero-order chi connectivity index (χ0) is 19.9. The van der Waals surface area contributed by atoms with Gasteiger partial charge in [-0.1, -0.05) is 0 Å². The maximum atomic E-state index is 12.3. The number of carbonyl (C=O) groups excluding carboxylic acids is 3. The molecule has 1 aromatic rings. The second-order valence-electron chi connectivity index (χ2n) is 6.72. The van der Waals surface area contributed by atoms with Gasteiger partial charge in [0.2, 0.25) is 5.91 Å². The quantitative estimate of drug-likeness (QED) is 0.594. The van der Waals surface area contributed by atoms with Gasteiger partial charge in [0, 0.05) is 38.7 Å². The van der Waals surface area contributed by atoms with E-state index in [4.69, 9.17) is 9.47 Å². The summed E-state index contributed by atoms with van der Waals surface area (Å²) in [6.45, 7) is 7.08. The first kappa shape index (κ1) is 21.4. The molecule has 26 heavy (non-hydrogen) atoms. The second kappa shape index (κ2) is 9.19. The molecule has 0 bridgehead atoms. The molecule has 2 N–H and O–H groups in total. The first-order chi connectivity index (χ1) is 12.0. The van der Waals surface area contributed by atoms with E-state index in [1.807, 2.05) is 0 Å². The smallest absolute Gasteiger partial charge is 0.414 e. The molecule has 0 aliphatic carbocycles. The van der Waals surface area contributed by atoms with Crippen molar-refractivity contribution in [1.82, 2.24) is 5.32 Å². The summed E-state index contributed by atoms with van der Waals surface area (Å²) >= 11 is 0. The van der Waals surface area contributed by atoms with Gasteiger partial charge in [-0.15, -0.1) is 0 Å². The lowest BCUT2D eigenvalue weighted by Crippen LogP contribution is -2.34. The Balaban J connectivity index is 3.06. The van der Waals surface area contributed by atoms with E-state index in [1.165, 1.54) is 24.9 Å². The molecular formula is C18H27N3O5. The Morgan fingerprint density at radius 1 is 1.19 bits per heavy atom. The number of anilines is 2. The number of ether oxygens (including phenoxy) is 2. The average Bonchev–Trinajstić information content (AvgIpc) is 2.50. The molecule has 0 atom stereocenters. The van der Waals surface area contributed by atoms with Gasteiger partial charge in [0.25, 0.3) is 0 Å². The number of rotatable bonds is 6. The molecule has 0 spiro atoms. The predicted molar refractivity (Wildman–Crippen MR) is 99.6 cm³/mol. The van der Waals surface area contributed by atoms with E-state index < -0.39 is 17.7 Å². The molecule has 1 rings (SSSR count). The summed E-state index contributed by atoms with van der Waals surface area (Å²) in [5, 5.41) is 5.61. The first-order valence-corrected chi connectivity index (χ1v) is 8.27. The molecule has 2 amide bonds. The Labute approximate surface area is 153 Å². The third kappa shape index (κ3) is 7.10. The van der Waals surface area contributed by atoms with Crippen molar-refractivity contribution in [1.29, 1.82) is 0 Å². The fourth-order valence-electron chi connectivity index (χ4n) is 2.00. The van der Waals surface area contributed by atoms with Crippen molar-refractivity contribution in [2.24, 2.45) is 0 Å². The van der Waals surface area contributed by atoms with Crippen molar-refractivity contribution >= 4 is 29.3 Å². The molecule has 1 aromatic carbocycles. The summed E-state index contributed by atoms with van der Waals surface area (Å²) in [7, 11) is 3.27. The minimum atomic E-state index is -0.659. The Bertz CT molecular complexity index is 667. The van der Waals surface area contributed by atoms with Crippen LogP contribution in [0, 0.1) is 0 Å². The molecule has 8 nitrogen and oxygen atoms in total. The van der Waals surface area contributed by atoms with E-state index in [0.29, 0.717) is 24.3 Å². The molecule has 8 heteroatoms. The monoisotopic (exact) mass is 365 g/mol. The Hall–Kier alpha value is -2.61. The molecule has 0 unspecified atom stereocenters. The van der Waals surface area contributed by atoms with Crippen LogP contribution in [0.5, 0.6) is 5.75 Å². The Morgan fingerprint density at radius 3 is 2.38 bits per heavy atom. The predicted octanol–water partition coefficient (Wildman–Crippen LogP) is 2.53. The van der Waals surface area contributed by atoms with Gasteiger partial charge in [0.05, 0.1) is 5.69 Å². The van der Waals surface area contributed by atoms with Crippen molar-refractivity contribution in [2.45, 2.75) is 39.7 Å². The maximum Gasteiger partial charge on any atom is 0.414 e. The Morgan fingerprint density at radius 2 is 1.85 bits per heavy atom. The fourth-order valence-corrected chi connectivity index (χ4v) is 2.00. The van der Waals surface area contributed by atoms with Crippen LogP contribution in [-0.4, -0.2) is 44.2 Å². The van der Waals surface area contributed by atoms with Crippen LogP contribution in [0.4, 0.5) is 16.2 Å². The van der Waals surface area contributed by atoms with E-state index in [1.54, 1.807) is 40.0 Å². The molecule has 0 aliphatic rings. The van der Waals surface area contributed by atoms with Gasteiger partial charge in [0.15, 0.2) is 5.75 Å². The summed E-state index contributed by atoms with van der Waals surface area (Å²) < 4.78 is 10.5. The number of carbonyl (C=O) groups is 3. The van der Waals surface area contributed by atoms with Crippen molar-refractivity contribution in [3.63, 3.8) is 0 Å². The lowest BCUT2D eigenvalue weighted by atomic mass is 10.2. The minimum Gasteiger partial charge on any atom is -0.443 e. The van der Waals surface area contributed by atoms with Crippen LogP contribution in [0.3, 0.4) is 0 Å². The summed E-state index contributed by atoms with van der Waals surface area (Å²) in [5.41, 5.74) is 0.153. The van der Waals surface area contributed by atoms with E-state index in [9.17, 15) is 14.4 Å². The van der Waals surface area contributed by atoms with Gasteiger partial charge in [-0.3, -0.25) is 14.5 Å². The lowest BCUT2D eigenvalue weighted by Gasteiger charge is -2.25. The second-order valence-corrected chi connectivity index (χ2v) is 6.72. The number of nitrogens with one attached hydrogen (secondary N) is 2. The number of benzene rings is 1. The molecule has 0 aromatic heterocycles. The van der Waals surface area contributed by atoms with Crippen molar-refractivity contribution < 1.29 is 23.9 Å². The van der Waals surface area contributed by atoms with Crippen LogP contribution in [0.2, 0.25) is 0 Å². The highest BCUT2D eigenvalue weighted by Gasteiger charge is 2.23. The highest BCUT2D eigenvalue weighted by Crippen LogP contribution is 2.32. The van der Waals surface area contributed by atoms with Gasteiger partial charge >= 0.3 is 12.1 Å². The normalized spacial score (nSPS) is 10.8. The minimum absolute atomic E-state index is 0.150. The molecule has 144 valence electrons. The molecule has 0 heterocycles. The zero-order valence-electron chi connectivity index (χ0n) is 16.1. The van der Waals surface area contributed by atoms with E-state index in [0.717, 1.165) is 0 Å². The highest BCUT2D eigenvalue weighted by atomic mass is 16.6. The summed E-state index contributed by atoms with van der Waals surface area (Å²) in [6.07, 6.45) is -0.282. The first-order valence-electron chi connectivity index (χ1n) is 8.27. The van der Waals surface area contributed by atoms with E-state index in [-0.39, 0.29) is 11.7 Å². The SMILES string of the molecule is CNCCC(=O)Nc1ccc(N(C)C(=O)OC(C)(C)C)c(OC(C)=O)c1. The number of hydrogen-bond acceptors (Lipinski definition) is 6. The molecule has 0 aliphatic heterocycles. The number of amides is 2. The molecule has 0 saturated heterocycles. The standard InChI is InChI=1S/C18H27N3O5/c1-12(22)25-15-11-13(20-16(23)9-10-19-5)7-8-14(15)21(6)17(24)26-18(2,3)4/h7-8,11,19H,9-10H2,1-6H3,(H,20,23). The van der Waals surface area contributed by atoms with Crippen LogP contribution in [-0.2, 0) is 14.3 Å². The van der Waals surface area contributed by atoms with Gasteiger partial charge in [-0.25, -0.2) is 4.79 Å². The van der Waals surface area contributed by atoms with Crippen LogP contribution in [0.15, 0.2) is 18.2 Å². The van der Waals surface area contributed by atoms with Gasteiger partial charge in [-0.05, 0) is 40.0 Å². The number of hydrogen-bond donors (Lipinski definition) is 2. The lowest BCUT2D eigenvalue weighted by molar-refractivity contribution is -0.131. The van der Waals surface area contributed by atoms with Crippen molar-refractivity contribution in [2.75, 3.05) is 30.9 Å². The van der Waals surface area contributed by atoms with Crippen LogP contribution in [0.1, 0.15) is 34.1 Å². The number of esters is 1. The van der Waals surface area contributed by atoms with E-state index >= 15 is 0 Å². The van der Waals surface area contributed by atoms with Crippen molar-refractivity contribution in [3.05, 3.63) is 18.2 Å². The van der Waals surface area contributed by atoms with Crippen LogP contribution in [0.25, 0.3) is 0 Å². The van der Waals surface area contributed by atoms with Crippen LogP contribution < -0.4 is 20.3 Å². The zero-order valence-corrected chi connectivity index (χ0v) is 16.1. The molecule has 0 fully saturated rings. The molecule has 0 saturated carbocycles. The third-order valence-corrected chi connectivity index (χ3v) is 3.13. The molecule has 0 radical (unpaired) electrons. The van der Waals surface area contributed by atoms with Gasteiger partial charge in [-0.2, -0.15) is 0 Å². The topological polar surface area (TPSA) is 97.0 Å². The summed E-state index contributed by atoms with van der Waals surface area (Å²) in [6, 6.07) is 4.70.